The fourth-order valence-electron chi connectivity index (χ4n) is 3.26. The maximum Gasteiger partial charge on any atom is 0.227 e. The van der Waals surface area contributed by atoms with E-state index < -0.39 is 0 Å². The number of nitrogens with one attached hydrogen (secondary N) is 1. The molecule has 0 bridgehead atoms. The van der Waals surface area contributed by atoms with Crippen LogP contribution in [0.2, 0.25) is 0 Å². The van der Waals surface area contributed by atoms with Gasteiger partial charge in [-0.05, 0) is 43.9 Å². The van der Waals surface area contributed by atoms with Crippen molar-refractivity contribution in [1.29, 1.82) is 0 Å². The lowest BCUT2D eigenvalue weighted by Gasteiger charge is -2.28. The van der Waals surface area contributed by atoms with Crippen LogP contribution in [0.25, 0.3) is 0 Å². The summed E-state index contributed by atoms with van der Waals surface area (Å²) in [6, 6.07) is 5.40. The van der Waals surface area contributed by atoms with Crippen LogP contribution in [0.3, 0.4) is 0 Å². The van der Waals surface area contributed by atoms with Crippen LogP contribution in [-0.4, -0.2) is 38.2 Å². The molecule has 6 nitrogen and oxygen atoms in total. The highest BCUT2D eigenvalue weighted by atomic mass is 16.5. The Hall–Kier alpha value is -2.08. The molecule has 1 N–H and O–H groups in total. The minimum Gasteiger partial charge on any atom is -0.495 e. The van der Waals surface area contributed by atoms with Crippen LogP contribution in [0, 0.1) is 0 Å². The summed E-state index contributed by atoms with van der Waals surface area (Å²) >= 11 is 0. The molecule has 1 aromatic rings. The molecule has 2 aliphatic rings. The molecule has 3 rings (SSSR count). The molecule has 2 aliphatic heterocycles. The monoisotopic (exact) mass is 332 g/mol. The predicted octanol–water partition coefficient (Wildman–Crippen LogP) is 2.72. The van der Waals surface area contributed by atoms with Crippen LogP contribution in [0.1, 0.15) is 38.5 Å². The Labute approximate surface area is 142 Å². The molecule has 0 aromatic heterocycles. The van der Waals surface area contributed by atoms with Gasteiger partial charge in [0.05, 0.1) is 25.3 Å². The average molecular weight is 332 g/mol. The predicted molar refractivity (Wildman–Crippen MR) is 91.4 cm³/mol. The summed E-state index contributed by atoms with van der Waals surface area (Å²) in [7, 11) is 1.59. The zero-order valence-electron chi connectivity index (χ0n) is 14.0. The molecule has 6 heteroatoms. The molecule has 130 valence electrons. The number of methoxy groups -OCH3 is 1. The highest BCUT2D eigenvalue weighted by molar-refractivity contribution is 5.97. The number of anilines is 2. The third kappa shape index (κ3) is 3.87. The molecule has 2 saturated heterocycles. The number of ether oxygens (including phenoxy) is 2. The Morgan fingerprint density at radius 2 is 2.25 bits per heavy atom. The smallest absolute Gasteiger partial charge is 0.227 e. The first-order valence-corrected chi connectivity index (χ1v) is 8.57. The van der Waals surface area contributed by atoms with Gasteiger partial charge in [0.15, 0.2) is 0 Å². The van der Waals surface area contributed by atoms with E-state index in [1.54, 1.807) is 24.1 Å². The quantitative estimate of drug-likeness (QED) is 0.900. The number of carbonyl (C=O) groups excluding carboxylic acids is 2. The molecule has 0 saturated carbocycles. The van der Waals surface area contributed by atoms with Gasteiger partial charge in [0.1, 0.15) is 5.75 Å². The summed E-state index contributed by atoms with van der Waals surface area (Å²) in [4.78, 5) is 26.1. The second kappa shape index (κ2) is 7.66. The van der Waals surface area contributed by atoms with E-state index in [-0.39, 0.29) is 17.9 Å². The van der Waals surface area contributed by atoms with Crippen molar-refractivity contribution in [3.05, 3.63) is 18.2 Å². The third-order valence-corrected chi connectivity index (χ3v) is 4.51. The van der Waals surface area contributed by atoms with Gasteiger partial charge in [0.2, 0.25) is 11.8 Å². The van der Waals surface area contributed by atoms with Gasteiger partial charge in [-0.25, -0.2) is 0 Å². The van der Waals surface area contributed by atoms with Gasteiger partial charge in [-0.1, -0.05) is 0 Å². The first-order valence-electron chi connectivity index (χ1n) is 8.57. The van der Waals surface area contributed by atoms with E-state index in [4.69, 9.17) is 9.47 Å². The van der Waals surface area contributed by atoms with E-state index in [0.29, 0.717) is 30.8 Å². The Morgan fingerprint density at radius 3 is 2.96 bits per heavy atom. The van der Waals surface area contributed by atoms with Crippen LogP contribution in [0.15, 0.2) is 18.2 Å². The molecule has 24 heavy (non-hydrogen) atoms. The molecule has 1 aromatic carbocycles. The Morgan fingerprint density at radius 1 is 1.38 bits per heavy atom. The zero-order chi connectivity index (χ0) is 16.9. The standard InChI is InChI=1S/C18H24N2O4/c1-23-16-8-7-13(19-17(21)12-14-5-4-10-24-14)11-15(16)20-9-3-2-6-18(20)22/h7-8,11,14H,2-6,9-10,12H2,1H3,(H,19,21)/t14-/m0/s1. The van der Waals surface area contributed by atoms with Gasteiger partial charge in [-0.15, -0.1) is 0 Å². The second-order valence-corrected chi connectivity index (χ2v) is 6.28. The Balaban J connectivity index is 1.73. The van der Waals surface area contributed by atoms with Crippen LogP contribution in [0.5, 0.6) is 5.75 Å². The molecule has 2 fully saturated rings. The number of benzene rings is 1. The lowest BCUT2D eigenvalue weighted by Crippen LogP contribution is -2.35. The largest absolute Gasteiger partial charge is 0.495 e. The van der Waals surface area contributed by atoms with Crippen molar-refractivity contribution in [2.45, 2.75) is 44.6 Å². The minimum atomic E-state index is -0.0667. The van der Waals surface area contributed by atoms with Gasteiger partial charge in [0.25, 0.3) is 0 Å². The molecule has 0 spiro atoms. The van der Waals surface area contributed by atoms with Gasteiger partial charge in [-0.3, -0.25) is 9.59 Å². The van der Waals surface area contributed by atoms with Crippen molar-refractivity contribution in [1.82, 2.24) is 0 Å². The first kappa shape index (κ1) is 16.8. The molecule has 0 aliphatic carbocycles. The van der Waals surface area contributed by atoms with E-state index in [1.807, 2.05) is 6.07 Å². The number of rotatable bonds is 5. The number of nitrogens with zero attached hydrogens (tertiary/aromatic N) is 1. The fraction of sp³-hybridized carbons (Fsp3) is 0.556. The Kier molecular flexibility index (Phi) is 5.35. The van der Waals surface area contributed by atoms with Crippen LogP contribution in [-0.2, 0) is 14.3 Å². The molecule has 1 atom stereocenters. The van der Waals surface area contributed by atoms with Crippen molar-refractivity contribution >= 4 is 23.2 Å². The van der Waals surface area contributed by atoms with Crippen LogP contribution in [0.4, 0.5) is 11.4 Å². The topological polar surface area (TPSA) is 67.9 Å². The lowest BCUT2D eigenvalue weighted by atomic mass is 10.1. The number of amides is 2. The first-order chi connectivity index (χ1) is 11.7. The van der Waals surface area contributed by atoms with Crippen molar-refractivity contribution in [2.75, 3.05) is 30.5 Å². The Bertz CT molecular complexity index is 611. The van der Waals surface area contributed by atoms with E-state index in [2.05, 4.69) is 5.32 Å². The number of hydrogen-bond donors (Lipinski definition) is 1. The summed E-state index contributed by atoms with van der Waals surface area (Å²) < 4.78 is 10.9. The lowest BCUT2D eigenvalue weighted by molar-refractivity contribution is -0.119. The van der Waals surface area contributed by atoms with Crippen molar-refractivity contribution in [3.8, 4) is 5.75 Å². The summed E-state index contributed by atoms with van der Waals surface area (Å²) in [5.74, 6) is 0.674. The van der Waals surface area contributed by atoms with Gasteiger partial charge >= 0.3 is 0 Å². The van der Waals surface area contributed by atoms with Crippen LogP contribution < -0.4 is 15.0 Å². The molecule has 2 amide bonds. The maximum absolute atomic E-state index is 12.2. The SMILES string of the molecule is COc1ccc(NC(=O)C[C@@H]2CCCO2)cc1N1CCCCC1=O. The third-order valence-electron chi connectivity index (χ3n) is 4.51. The van der Waals surface area contributed by atoms with E-state index >= 15 is 0 Å². The zero-order valence-corrected chi connectivity index (χ0v) is 14.0. The summed E-state index contributed by atoms with van der Waals surface area (Å²) in [6.07, 6.45) is 4.79. The fourth-order valence-corrected chi connectivity index (χ4v) is 3.26. The molecule has 0 unspecified atom stereocenters. The highest BCUT2D eigenvalue weighted by Gasteiger charge is 2.23. The van der Waals surface area contributed by atoms with Gasteiger partial charge in [0, 0.05) is 25.3 Å². The maximum atomic E-state index is 12.2. The molecule has 2 heterocycles. The molecular formula is C18H24N2O4. The number of piperidine rings is 1. The molecular weight excluding hydrogens is 308 g/mol. The van der Waals surface area contributed by atoms with Crippen molar-refractivity contribution in [2.24, 2.45) is 0 Å². The van der Waals surface area contributed by atoms with Crippen molar-refractivity contribution in [3.63, 3.8) is 0 Å². The minimum absolute atomic E-state index is 0.0198. The number of hydrogen-bond acceptors (Lipinski definition) is 4. The van der Waals surface area contributed by atoms with Gasteiger partial charge < -0.3 is 19.7 Å². The van der Waals surface area contributed by atoms with Gasteiger partial charge in [-0.2, -0.15) is 0 Å². The second-order valence-electron chi connectivity index (χ2n) is 6.28. The molecule has 0 radical (unpaired) electrons. The summed E-state index contributed by atoms with van der Waals surface area (Å²) in [6.45, 7) is 1.42. The van der Waals surface area contributed by atoms with Crippen LogP contribution >= 0.6 is 0 Å². The number of carbonyl (C=O) groups is 2. The summed E-state index contributed by atoms with van der Waals surface area (Å²) in [5, 5.41) is 2.90. The van der Waals surface area contributed by atoms with E-state index in [9.17, 15) is 9.59 Å². The summed E-state index contributed by atoms with van der Waals surface area (Å²) in [5.41, 5.74) is 1.39. The van der Waals surface area contributed by atoms with E-state index in [0.717, 1.165) is 38.0 Å². The van der Waals surface area contributed by atoms with Crippen molar-refractivity contribution < 1.29 is 19.1 Å². The highest BCUT2D eigenvalue weighted by Crippen LogP contribution is 2.33. The normalized spacial score (nSPS) is 21.0. The van der Waals surface area contributed by atoms with E-state index in [1.165, 1.54) is 0 Å². The average Bonchev–Trinajstić information content (AvgIpc) is 3.08.